The van der Waals surface area contributed by atoms with Gasteiger partial charge in [0.15, 0.2) is 5.82 Å². The van der Waals surface area contributed by atoms with E-state index < -0.39 is 0 Å². The van der Waals surface area contributed by atoms with Crippen molar-refractivity contribution in [3.8, 4) is 0 Å². The highest BCUT2D eigenvalue weighted by atomic mass is 79.9. The highest BCUT2D eigenvalue weighted by molar-refractivity contribution is 9.10. The van der Waals surface area contributed by atoms with Crippen LogP contribution < -0.4 is 10.1 Å². The lowest BCUT2D eigenvalue weighted by molar-refractivity contribution is 1.22. The quantitative estimate of drug-likeness (QED) is 0.640. The van der Waals surface area contributed by atoms with Gasteiger partial charge in [-0.25, -0.2) is 9.97 Å². The minimum atomic E-state index is 0.418. The van der Waals surface area contributed by atoms with Crippen molar-refractivity contribution in [3.63, 3.8) is 0 Å². The van der Waals surface area contributed by atoms with Gasteiger partial charge in [0.05, 0.1) is 12.4 Å². The number of nitrogens with two attached hydrogens (primary N) is 1. The van der Waals surface area contributed by atoms with Crippen molar-refractivity contribution in [2.24, 2.45) is 0 Å². The van der Waals surface area contributed by atoms with Crippen LogP contribution in [0.25, 0.3) is 0 Å². The molecule has 0 unspecified atom stereocenters. The number of hydrogen-bond donors (Lipinski definition) is 2. The second-order valence-corrected chi connectivity index (χ2v) is 1.82. The fourth-order valence-corrected chi connectivity index (χ4v) is 0.592. The van der Waals surface area contributed by atoms with Crippen LogP contribution in [0.3, 0.4) is 0 Å². The predicted molar refractivity (Wildman–Crippen MR) is 39.0 cm³/mol. The summed E-state index contributed by atoms with van der Waals surface area (Å²) in [4.78, 5) is 7.62. The van der Waals surface area contributed by atoms with Gasteiger partial charge in [0.25, 0.3) is 0 Å². The molecule has 0 bridgehead atoms. The van der Waals surface area contributed by atoms with Gasteiger partial charge >= 0.3 is 0 Å². The number of anilines is 2. The third-order valence-corrected chi connectivity index (χ3v) is 1.17. The summed E-state index contributed by atoms with van der Waals surface area (Å²) in [7, 11) is 0. The van der Waals surface area contributed by atoms with Crippen LogP contribution in [0.1, 0.15) is 0 Å². The fraction of sp³-hybridized carbons (Fsp3) is 0. The second-order valence-electron chi connectivity index (χ2n) is 1.42. The lowest BCUT2D eigenvalue weighted by Crippen LogP contribution is -1.92. The standard InChI is InChI=1S/C4H5BrN4/c5-9-4-2-7-3(6)1-8-4/h1-2H,(H2,6,7)(H,8,9). The smallest absolute Gasteiger partial charge is 0.154 e. The summed E-state index contributed by atoms with van der Waals surface area (Å²) < 4.78 is 2.64. The summed E-state index contributed by atoms with van der Waals surface area (Å²) in [6.45, 7) is 0. The molecule has 0 aliphatic rings. The van der Waals surface area contributed by atoms with Gasteiger partial charge in [0, 0.05) is 16.1 Å². The molecule has 48 valence electrons. The minimum absolute atomic E-state index is 0.418. The normalized spacial score (nSPS) is 9.00. The Morgan fingerprint density at radius 2 is 2.22 bits per heavy atom. The molecule has 0 atom stereocenters. The van der Waals surface area contributed by atoms with Crippen molar-refractivity contribution >= 4 is 27.8 Å². The second kappa shape index (κ2) is 2.63. The van der Waals surface area contributed by atoms with Crippen molar-refractivity contribution in [2.75, 3.05) is 10.1 Å². The molecule has 0 saturated carbocycles. The van der Waals surface area contributed by atoms with Crippen LogP contribution in [0.5, 0.6) is 0 Å². The Morgan fingerprint density at radius 3 is 2.67 bits per heavy atom. The molecule has 0 aliphatic carbocycles. The molecule has 1 heterocycles. The molecule has 0 saturated heterocycles. The van der Waals surface area contributed by atoms with E-state index in [2.05, 4.69) is 30.5 Å². The van der Waals surface area contributed by atoms with E-state index in [4.69, 9.17) is 5.73 Å². The zero-order chi connectivity index (χ0) is 6.69. The fourth-order valence-electron chi connectivity index (χ4n) is 0.387. The Hall–Kier alpha value is -0.840. The average molecular weight is 189 g/mol. The molecule has 0 radical (unpaired) electrons. The highest BCUT2D eigenvalue weighted by Gasteiger charge is 1.88. The maximum atomic E-state index is 5.26. The zero-order valence-corrected chi connectivity index (χ0v) is 6.09. The first-order valence-corrected chi connectivity index (χ1v) is 3.06. The molecular formula is C4H5BrN4. The van der Waals surface area contributed by atoms with E-state index in [1.807, 2.05) is 0 Å². The number of halogens is 1. The van der Waals surface area contributed by atoms with E-state index in [9.17, 15) is 0 Å². The van der Waals surface area contributed by atoms with Gasteiger partial charge in [0.1, 0.15) is 5.82 Å². The van der Waals surface area contributed by atoms with Crippen molar-refractivity contribution < 1.29 is 0 Å². The number of hydrogen-bond acceptors (Lipinski definition) is 4. The van der Waals surface area contributed by atoms with Crippen LogP contribution in [-0.2, 0) is 0 Å². The van der Waals surface area contributed by atoms with E-state index in [1.165, 1.54) is 12.4 Å². The molecule has 9 heavy (non-hydrogen) atoms. The minimum Gasteiger partial charge on any atom is -0.382 e. The van der Waals surface area contributed by atoms with Crippen LogP contribution in [0.2, 0.25) is 0 Å². The molecule has 3 N–H and O–H groups in total. The molecular weight excluding hydrogens is 184 g/mol. The molecule has 0 aromatic carbocycles. The van der Waals surface area contributed by atoms with Crippen molar-refractivity contribution in [3.05, 3.63) is 12.4 Å². The Labute approximate surface area is 60.8 Å². The predicted octanol–water partition coefficient (Wildman–Crippen LogP) is 0.781. The monoisotopic (exact) mass is 188 g/mol. The zero-order valence-electron chi connectivity index (χ0n) is 4.50. The lowest BCUT2D eigenvalue weighted by atomic mass is 10.6. The van der Waals surface area contributed by atoms with Crippen molar-refractivity contribution in [2.45, 2.75) is 0 Å². The van der Waals surface area contributed by atoms with E-state index in [0.717, 1.165) is 0 Å². The maximum absolute atomic E-state index is 5.26. The SMILES string of the molecule is Nc1cnc(NBr)cn1. The van der Waals surface area contributed by atoms with Gasteiger partial charge in [-0.15, -0.1) is 0 Å². The van der Waals surface area contributed by atoms with Gasteiger partial charge in [-0.05, 0) is 0 Å². The number of nitrogen functional groups attached to an aromatic ring is 1. The van der Waals surface area contributed by atoms with Gasteiger partial charge in [0.2, 0.25) is 0 Å². The first kappa shape index (κ1) is 6.28. The van der Waals surface area contributed by atoms with E-state index in [1.54, 1.807) is 0 Å². The number of rotatable bonds is 1. The summed E-state index contributed by atoms with van der Waals surface area (Å²) in [5.41, 5.74) is 5.26. The Bertz CT molecular complexity index is 184. The van der Waals surface area contributed by atoms with Gasteiger partial charge in [-0.1, -0.05) is 0 Å². The van der Waals surface area contributed by atoms with Gasteiger partial charge in [-0.3, -0.25) is 0 Å². The van der Waals surface area contributed by atoms with Crippen LogP contribution in [-0.4, -0.2) is 9.97 Å². The largest absolute Gasteiger partial charge is 0.382 e. The van der Waals surface area contributed by atoms with Crippen molar-refractivity contribution in [1.29, 1.82) is 0 Å². The summed E-state index contributed by atoms with van der Waals surface area (Å²) in [6, 6.07) is 0. The van der Waals surface area contributed by atoms with Crippen LogP contribution in [0, 0.1) is 0 Å². The lowest BCUT2D eigenvalue weighted by Gasteiger charge is -1.93. The third-order valence-electron chi connectivity index (χ3n) is 0.769. The Morgan fingerprint density at radius 1 is 1.44 bits per heavy atom. The van der Waals surface area contributed by atoms with Crippen LogP contribution in [0.4, 0.5) is 11.6 Å². The Balaban J connectivity index is 2.88. The summed E-state index contributed by atoms with van der Waals surface area (Å²) in [5.74, 6) is 1.06. The number of aromatic nitrogens is 2. The molecule has 5 heteroatoms. The molecule has 4 nitrogen and oxygen atoms in total. The van der Waals surface area contributed by atoms with Crippen LogP contribution in [0.15, 0.2) is 12.4 Å². The molecule has 0 fully saturated rings. The number of nitrogens with zero attached hydrogens (tertiary/aromatic N) is 2. The maximum Gasteiger partial charge on any atom is 0.154 e. The summed E-state index contributed by atoms with van der Waals surface area (Å²) in [6.07, 6.45) is 3.01. The molecule has 1 aromatic heterocycles. The van der Waals surface area contributed by atoms with Crippen LogP contribution >= 0.6 is 16.1 Å². The van der Waals surface area contributed by atoms with E-state index in [0.29, 0.717) is 11.6 Å². The van der Waals surface area contributed by atoms with E-state index >= 15 is 0 Å². The highest BCUT2D eigenvalue weighted by Crippen LogP contribution is 2.02. The van der Waals surface area contributed by atoms with Gasteiger partial charge in [-0.2, -0.15) is 0 Å². The third kappa shape index (κ3) is 1.53. The molecule has 1 rings (SSSR count). The molecule has 1 aromatic rings. The number of nitrogens with one attached hydrogen (secondary N) is 1. The summed E-state index contributed by atoms with van der Waals surface area (Å²) >= 11 is 2.99. The topological polar surface area (TPSA) is 63.8 Å². The molecule has 0 aliphatic heterocycles. The van der Waals surface area contributed by atoms with Crippen molar-refractivity contribution in [1.82, 2.24) is 9.97 Å². The van der Waals surface area contributed by atoms with Gasteiger partial charge < -0.3 is 10.1 Å². The first-order chi connectivity index (χ1) is 4.33. The Kier molecular flexibility index (Phi) is 1.84. The summed E-state index contributed by atoms with van der Waals surface area (Å²) in [5, 5.41) is 0. The molecule has 0 spiro atoms. The first-order valence-electron chi connectivity index (χ1n) is 2.27. The molecule has 0 amide bonds. The van der Waals surface area contributed by atoms with E-state index in [-0.39, 0.29) is 0 Å². The average Bonchev–Trinajstić information content (AvgIpc) is 1.90.